The molecule has 20 heavy (non-hydrogen) atoms. The van der Waals surface area contributed by atoms with E-state index in [9.17, 15) is 9.59 Å². The van der Waals surface area contributed by atoms with Crippen molar-refractivity contribution in [3.63, 3.8) is 0 Å². The van der Waals surface area contributed by atoms with Crippen molar-refractivity contribution in [3.8, 4) is 0 Å². The van der Waals surface area contributed by atoms with Gasteiger partial charge in [0.25, 0.3) is 0 Å². The number of benzene rings is 1. The molecule has 0 unspecified atom stereocenters. The standard InChI is InChI=1S/C17H21NO2/c1-4-5-8-13-12-9-6-7-10-14(12)16(19)15(13)18-17(20)11(2)3/h6-7,9-11H,4-5,8H2,1-3H3,(H,18,19,20). The second kappa shape index (κ2) is 6.04. The van der Waals surface area contributed by atoms with Crippen LogP contribution in [0.5, 0.6) is 0 Å². The summed E-state index contributed by atoms with van der Waals surface area (Å²) in [6, 6.07) is 7.59. The Morgan fingerprint density at radius 3 is 2.45 bits per heavy atom. The summed E-state index contributed by atoms with van der Waals surface area (Å²) in [5, 5.41) is 2.83. The number of Topliss-reactive ketones (excluding diaryl/α,β-unsaturated/α-hetero) is 1. The van der Waals surface area contributed by atoms with Gasteiger partial charge in [-0.25, -0.2) is 0 Å². The Kier molecular flexibility index (Phi) is 4.38. The molecular formula is C17H21NO2. The van der Waals surface area contributed by atoms with Gasteiger partial charge in [0.2, 0.25) is 11.7 Å². The number of ketones is 1. The minimum atomic E-state index is -0.133. The molecule has 0 heterocycles. The average Bonchev–Trinajstić information content (AvgIpc) is 2.70. The summed E-state index contributed by atoms with van der Waals surface area (Å²) >= 11 is 0. The van der Waals surface area contributed by atoms with E-state index in [1.165, 1.54) is 0 Å². The molecule has 106 valence electrons. The molecule has 0 saturated heterocycles. The van der Waals surface area contributed by atoms with E-state index < -0.39 is 0 Å². The molecule has 1 N–H and O–H groups in total. The predicted molar refractivity (Wildman–Crippen MR) is 80.2 cm³/mol. The zero-order valence-corrected chi connectivity index (χ0v) is 12.3. The lowest BCUT2D eigenvalue weighted by Crippen LogP contribution is -2.30. The summed E-state index contributed by atoms with van der Waals surface area (Å²) in [7, 11) is 0. The van der Waals surface area contributed by atoms with Crippen LogP contribution in [-0.2, 0) is 4.79 Å². The van der Waals surface area contributed by atoms with Crippen molar-refractivity contribution in [1.29, 1.82) is 0 Å². The van der Waals surface area contributed by atoms with Gasteiger partial charge in [0.1, 0.15) is 0 Å². The molecule has 0 atom stereocenters. The topological polar surface area (TPSA) is 46.2 Å². The predicted octanol–water partition coefficient (Wildman–Crippen LogP) is 3.56. The highest BCUT2D eigenvalue weighted by atomic mass is 16.2. The Bertz CT molecular complexity index is 570. The van der Waals surface area contributed by atoms with Crippen molar-refractivity contribution < 1.29 is 9.59 Å². The fourth-order valence-corrected chi connectivity index (χ4v) is 2.36. The highest BCUT2D eigenvalue weighted by molar-refractivity contribution is 6.21. The Labute approximate surface area is 120 Å². The highest BCUT2D eigenvalue weighted by Gasteiger charge is 2.30. The lowest BCUT2D eigenvalue weighted by Gasteiger charge is -2.10. The normalized spacial score (nSPS) is 13.9. The number of fused-ring (bicyclic) bond motifs is 1. The molecule has 0 fully saturated rings. The van der Waals surface area contributed by atoms with E-state index in [-0.39, 0.29) is 17.6 Å². The van der Waals surface area contributed by atoms with Gasteiger partial charge in [-0.15, -0.1) is 0 Å². The van der Waals surface area contributed by atoms with E-state index in [2.05, 4.69) is 12.2 Å². The molecule has 1 aromatic rings. The molecule has 2 rings (SSSR count). The monoisotopic (exact) mass is 271 g/mol. The van der Waals surface area contributed by atoms with E-state index in [1.807, 2.05) is 38.1 Å². The smallest absolute Gasteiger partial charge is 0.227 e. The van der Waals surface area contributed by atoms with Crippen LogP contribution in [-0.4, -0.2) is 11.7 Å². The van der Waals surface area contributed by atoms with Crippen molar-refractivity contribution in [2.24, 2.45) is 5.92 Å². The molecule has 0 bridgehead atoms. The van der Waals surface area contributed by atoms with Crippen LogP contribution in [0.25, 0.3) is 5.57 Å². The Morgan fingerprint density at radius 1 is 1.20 bits per heavy atom. The number of carbonyl (C=O) groups is 2. The van der Waals surface area contributed by atoms with Crippen LogP contribution in [0.4, 0.5) is 0 Å². The molecule has 0 aromatic heterocycles. The van der Waals surface area contributed by atoms with Crippen LogP contribution < -0.4 is 5.32 Å². The molecule has 1 aliphatic carbocycles. The number of hydrogen-bond donors (Lipinski definition) is 1. The molecular weight excluding hydrogens is 250 g/mol. The summed E-state index contributed by atoms with van der Waals surface area (Å²) in [5.41, 5.74) is 3.16. The third kappa shape index (κ3) is 2.67. The first-order valence-corrected chi connectivity index (χ1v) is 7.24. The third-order valence-electron chi connectivity index (χ3n) is 3.58. The van der Waals surface area contributed by atoms with Crippen molar-refractivity contribution in [2.75, 3.05) is 0 Å². The minimum absolute atomic E-state index is 0.0549. The molecule has 0 spiro atoms. The minimum Gasteiger partial charge on any atom is -0.322 e. The molecule has 1 amide bonds. The molecule has 0 aliphatic heterocycles. The number of allylic oxidation sites excluding steroid dienone is 2. The van der Waals surface area contributed by atoms with Crippen LogP contribution in [0.3, 0.4) is 0 Å². The molecule has 1 aliphatic rings. The van der Waals surface area contributed by atoms with Crippen LogP contribution >= 0.6 is 0 Å². The summed E-state index contributed by atoms with van der Waals surface area (Å²) in [4.78, 5) is 24.4. The molecule has 1 aromatic carbocycles. The first kappa shape index (κ1) is 14.5. The fraction of sp³-hybridized carbons (Fsp3) is 0.412. The Morgan fingerprint density at radius 2 is 1.85 bits per heavy atom. The van der Waals surface area contributed by atoms with Gasteiger partial charge < -0.3 is 5.32 Å². The molecule has 3 heteroatoms. The van der Waals surface area contributed by atoms with Gasteiger partial charge in [-0.2, -0.15) is 0 Å². The number of nitrogens with one attached hydrogen (secondary N) is 1. The molecule has 0 radical (unpaired) electrons. The van der Waals surface area contributed by atoms with Crippen molar-refractivity contribution in [1.82, 2.24) is 5.32 Å². The van der Waals surface area contributed by atoms with Gasteiger partial charge in [-0.1, -0.05) is 51.5 Å². The largest absolute Gasteiger partial charge is 0.322 e. The number of carbonyl (C=O) groups excluding carboxylic acids is 2. The van der Waals surface area contributed by atoms with Gasteiger partial charge >= 0.3 is 0 Å². The maximum atomic E-state index is 12.5. The second-order valence-corrected chi connectivity index (χ2v) is 5.48. The number of rotatable bonds is 5. The third-order valence-corrected chi connectivity index (χ3v) is 3.58. The summed E-state index contributed by atoms with van der Waals surface area (Å²) < 4.78 is 0. The van der Waals surface area contributed by atoms with Crippen LogP contribution in [0, 0.1) is 5.92 Å². The highest BCUT2D eigenvalue weighted by Crippen LogP contribution is 2.34. The first-order chi connectivity index (χ1) is 9.56. The summed E-state index contributed by atoms with van der Waals surface area (Å²) in [6.07, 6.45) is 2.90. The molecule has 3 nitrogen and oxygen atoms in total. The molecule has 0 saturated carbocycles. The van der Waals surface area contributed by atoms with E-state index >= 15 is 0 Å². The van der Waals surface area contributed by atoms with E-state index in [4.69, 9.17) is 0 Å². The maximum absolute atomic E-state index is 12.5. The van der Waals surface area contributed by atoms with E-state index in [1.54, 1.807) is 0 Å². The lowest BCUT2D eigenvalue weighted by molar-refractivity contribution is -0.123. The SMILES string of the molecule is CCCCC1=C(NC(=O)C(C)C)C(=O)c2ccccc21. The average molecular weight is 271 g/mol. The van der Waals surface area contributed by atoms with Crippen LogP contribution in [0.1, 0.15) is 56.0 Å². The maximum Gasteiger partial charge on any atom is 0.227 e. The van der Waals surface area contributed by atoms with Crippen LogP contribution in [0.2, 0.25) is 0 Å². The van der Waals surface area contributed by atoms with E-state index in [0.29, 0.717) is 11.3 Å². The number of hydrogen-bond acceptors (Lipinski definition) is 2. The lowest BCUT2D eigenvalue weighted by atomic mass is 10.0. The van der Waals surface area contributed by atoms with E-state index in [0.717, 1.165) is 30.4 Å². The van der Waals surface area contributed by atoms with Crippen molar-refractivity contribution in [3.05, 3.63) is 41.1 Å². The van der Waals surface area contributed by atoms with Gasteiger partial charge in [-0.05, 0) is 24.0 Å². The van der Waals surface area contributed by atoms with Gasteiger partial charge in [0.15, 0.2) is 0 Å². The van der Waals surface area contributed by atoms with Gasteiger partial charge in [-0.3, -0.25) is 9.59 Å². The Balaban J connectivity index is 2.38. The summed E-state index contributed by atoms with van der Waals surface area (Å²) in [6.45, 7) is 5.78. The van der Waals surface area contributed by atoms with Crippen molar-refractivity contribution in [2.45, 2.75) is 40.0 Å². The number of unbranched alkanes of at least 4 members (excludes halogenated alkanes) is 1. The van der Waals surface area contributed by atoms with Gasteiger partial charge in [0.05, 0.1) is 5.70 Å². The fourth-order valence-electron chi connectivity index (χ4n) is 2.36. The zero-order chi connectivity index (χ0) is 14.7. The zero-order valence-electron chi connectivity index (χ0n) is 12.3. The second-order valence-electron chi connectivity index (χ2n) is 5.48. The van der Waals surface area contributed by atoms with Gasteiger partial charge in [0, 0.05) is 11.5 Å². The quantitative estimate of drug-likeness (QED) is 0.890. The van der Waals surface area contributed by atoms with Crippen molar-refractivity contribution >= 4 is 17.3 Å². The number of amides is 1. The summed E-state index contributed by atoms with van der Waals surface area (Å²) in [5.74, 6) is -0.290. The first-order valence-electron chi connectivity index (χ1n) is 7.24. The Hall–Kier alpha value is -1.90. The van der Waals surface area contributed by atoms with Crippen LogP contribution in [0.15, 0.2) is 30.0 Å².